The van der Waals surface area contributed by atoms with Crippen LogP contribution in [0.4, 0.5) is 17.6 Å². The normalized spacial score (nSPS) is 11.5. The minimum atomic E-state index is -4.89. The Labute approximate surface area is 120 Å². The molecule has 0 fully saturated rings. The van der Waals surface area contributed by atoms with Crippen molar-refractivity contribution in [3.8, 4) is 17.1 Å². The lowest BCUT2D eigenvalue weighted by Crippen LogP contribution is -2.17. The number of hydrogen-bond acceptors (Lipinski definition) is 3. The molecule has 0 amide bonds. The average Bonchev–Trinajstić information content (AvgIpc) is 2.34. The van der Waals surface area contributed by atoms with E-state index >= 15 is 0 Å². The zero-order valence-electron chi connectivity index (χ0n) is 9.38. The zero-order chi connectivity index (χ0) is 14.9. The van der Waals surface area contributed by atoms with E-state index < -0.39 is 28.2 Å². The summed E-state index contributed by atoms with van der Waals surface area (Å²) in [7, 11) is 0. The van der Waals surface area contributed by atoms with Crippen LogP contribution in [0.25, 0.3) is 11.4 Å². The van der Waals surface area contributed by atoms with Gasteiger partial charge in [0.25, 0.3) is 0 Å². The molecule has 0 radical (unpaired) electrons. The van der Waals surface area contributed by atoms with Gasteiger partial charge in [-0.2, -0.15) is 0 Å². The van der Waals surface area contributed by atoms with Crippen molar-refractivity contribution in [2.24, 2.45) is 0 Å². The molecule has 0 bridgehead atoms. The van der Waals surface area contributed by atoms with E-state index in [9.17, 15) is 17.6 Å². The van der Waals surface area contributed by atoms with Gasteiger partial charge in [-0.15, -0.1) is 13.2 Å². The Morgan fingerprint density at radius 2 is 1.55 bits per heavy atom. The predicted molar refractivity (Wildman–Crippen MR) is 64.1 cm³/mol. The molecule has 1 aromatic heterocycles. The highest BCUT2D eigenvalue weighted by Gasteiger charge is 2.32. The van der Waals surface area contributed by atoms with Crippen LogP contribution in [0.3, 0.4) is 0 Å². The van der Waals surface area contributed by atoms with E-state index in [0.717, 1.165) is 6.07 Å². The minimum Gasteiger partial charge on any atom is -0.405 e. The van der Waals surface area contributed by atoms with E-state index in [4.69, 9.17) is 23.2 Å². The molecular formula is C11H4Cl2F4N2O. The highest BCUT2D eigenvalue weighted by Crippen LogP contribution is 2.33. The van der Waals surface area contributed by atoms with Crippen LogP contribution in [0.5, 0.6) is 5.75 Å². The Balaban J connectivity index is 2.53. The van der Waals surface area contributed by atoms with Gasteiger partial charge in [-0.25, -0.2) is 14.4 Å². The second-order valence-corrected chi connectivity index (χ2v) is 4.20. The first kappa shape index (κ1) is 14.8. The molecular weight excluding hydrogens is 323 g/mol. The quantitative estimate of drug-likeness (QED) is 0.602. The third kappa shape index (κ3) is 3.29. The van der Waals surface area contributed by atoms with Crippen molar-refractivity contribution >= 4 is 23.2 Å². The van der Waals surface area contributed by atoms with Crippen molar-refractivity contribution < 1.29 is 22.3 Å². The van der Waals surface area contributed by atoms with Gasteiger partial charge in [0.05, 0.1) is 5.56 Å². The number of aromatic nitrogens is 2. The van der Waals surface area contributed by atoms with E-state index in [0.29, 0.717) is 0 Å². The fraction of sp³-hybridized carbons (Fsp3) is 0.0909. The molecule has 0 unspecified atom stereocenters. The molecule has 2 rings (SSSR count). The predicted octanol–water partition coefficient (Wildman–Crippen LogP) is 4.49. The molecule has 0 atom stereocenters. The molecule has 0 saturated carbocycles. The van der Waals surface area contributed by atoms with Crippen molar-refractivity contribution in [3.05, 3.63) is 40.4 Å². The van der Waals surface area contributed by atoms with E-state index in [1.165, 1.54) is 18.2 Å². The summed E-state index contributed by atoms with van der Waals surface area (Å²) >= 11 is 11.0. The molecule has 1 heterocycles. The van der Waals surface area contributed by atoms with Crippen LogP contribution in [0.2, 0.25) is 10.3 Å². The van der Waals surface area contributed by atoms with Gasteiger partial charge in [0, 0.05) is 0 Å². The van der Waals surface area contributed by atoms with Gasteiger partial charge >= 0.3 is 6.36 Å². The number of benzene rings is 1. The van der Waals surface area contributed by atoms with Crippen LogP contribution in [-0.2, 0) is 0 Å². The molecule has 1 aromatic carbocycles. The van der Waals surface area contributed by atoms with Crippen LogP contribution >= 0.6 is 23.2 Å². The van der Waals surface area contributed by atoms with Crippen LogP contribution in [0.1, 0.15) is 0 Å². The summed E-state index contributed by atoms with van der Waals surface area (Å²) < 4.78 is 53.9. The maximum absolute atomic E-state index is 13.2. The van der Waals surface area contributed by atoms with Crippen LogP contribution in [0.15, 0.2) is 24.3 Å². The number of para-hydroxylation sites is 1. The SMILES string of the molecule is Fc1c(Cl)nc(-c2ccccc2OC(F)(F)F)nc1Cl. The Bertz CT molecular complexity index is 626. The molecule has 2 aromatic rings. The second kappa shape index (κ2) is 5.41. The van der Waals surface area contributed by atoms with Gasteiger partial charge < -0.3 is 4.74 Å². The number of rotatable bonds is 2. The summed E-state index contributed by atoms with van der Waals surface area (Å²) in [6, 6.07) is 5.10. The molecule has 3 nitrogen and oxygen atoms in total. The van der Waals surface area contributed by atoms with E-state index in [2.05, 4.69) is 14.7 Å². The fourth-order valence-electron chi connectivity index (χ4n) is 1.38. The number of nitrogens with zero attached hydrogens (tertiary/aromatic N) is 2. The Kier molecular flexibility index (Phi) is 4.01. The van der Waals surface area contributed by atoms with Crippen LogP contribution < -0.4 is 4.74 Å². The summed E-state index contributed by atoms with van der Waals surface area (Å²) in [4.78, 5) is 7.08. The Morgan fingerprint density at radius 1 is 1.00 bits per heavy atom. The second-order valence-electron chi connectivity index (χ2n) is 3.49. The third-order valence-electron chi connectivity index (χ3n) is 2.12. The summed E-state index contributed by atoms with van der Waals surface area (Å²) in [5.74, 6) is -1.87. The first-order chi connectivity index (χ1) is 9.28. The highest BCUT2D eigenvalue weighted by atomic mass is 35.5. The fourth-order valence-corrected chi connectivity index (χ4v) is 1.77. The minimum absolute atomic E-state index is 0.117. The summed E-state index contributed by atoms with van der Waals surface area (Å²) in [5.41, 5.74) is -0.117. The molecule has 0 aliphatic rings. The maximum atomic E-state index is 13.2. The van der Waals surface area contributed by atoms with Gasteiger partial charge in [-0.3, -0.25) is 0 Å². The molecule has 0 N–H and O–H groups in total. The topological polar surface area (TPSA) is 35.0 Å². The number of hydrogen-bond donors (Lipinski definition) is 0. The van der Waals surface area contributed by atoms with Crippen molar-refractivity contribution in [3.63, 3.8) is 0 Å². The summed E-state index contributed by atoms with van der Waals surface area (Å²) in [6.45, 7) is 0. The first-order valence-electron chi connectivity index (χ1n) is 5.01. The van der Waals surface area contributed by atoms with Gasteiger partial charge in [0.15, 0.2) is 21.9 Å². The third-order valence-corrected chi connectivity index (χ3v) is 2.62. The van der Waals surface area contributed by atoms with Crippen LogP contribution in [0, 0.1) is 5.82 Å². The van der Waals surface area contributed by atoms with Gasteiger partial charge in [0.1, 0.15) is 5.75 Å². The lowest BCUT2D eigenvalue weighted by Gasteiger charge is -2.12. The molecule has 0 aliphatic carbocycles. The number of halogens is 6. The van der Waals surface area contributed by atoms with E-state index in [1.807, 2.05) is 0 Å². The molecule has 9 heteroatoms. The largest absolute Gasteiger partial charge is 0.573 e. The zero-order valence-corrected chi connectivity index (χ0v) is 10.9. The highest BCUT2D eigenvalue weighted by molar-refractivity contribution is 6.33. The molecule has 0 aliphatic heterocycles. The van der Waals surface area contributed by atoms with Crippen molar-refractivity contribution in [1.82, 2.24) is 9.97 Å². The molecule has 106 valence electrons. The molecule has 0 spiro atoms. The Morgan fingerprint density at radius 3 is 2.10 bits per heavy atom. The molecule has 20 heavy (non-hydrogen) atoms. The smallest absolute Gasteiger partial charge is 0.405 e. The maximum Gasteiger partial charge on any atom is 0.573 e. The van der Waals surface area contributed by atoms with E-state index in [-0.39, 0.29) is 11.4 Å². The van der Waals surface area contributed by atoms with Crippen molar-refractivity contribution in [2.45, 2.75) is 6.36 Å². The molecule has 0 saturated heterocycles. The standard InChI is InChI=1S/C11H4Cl2F4N2O/c12-8-7(14)9(13)19-10(18-8)5-3-1-2-4-6(5)20-11(15,16)17/h1-4H. The summed E-state index contributed by atoms with van der Waals surface area (Å²) in [6.07, 6.45) is -4.89. The van der Waals surface area contributed by atoms with Crippen molar-refractivity contribution in [2.75, 3.05) is 0 Å². The van der Waals surface area contributed by atoms with Crippen LogP contribution in [-0.4, -0.2) is 16.3 Å². The van der Waals surface area contributed by atoms with Gasteiger partial charge in [0.2, 0.25) is 0 Å². The average molecular weight is 327 g/mol. The van der Waals surface area contributed by atoms with Gasteiger partial charge in [-0.1, -0.05) is 35.3 Å². The first-order valence-corrected chi connectivity index (χ1v) is 5.77. The van der Waals surface area contributed by atoms with Crippen molar-refractivity contribution in [1.29, 1.82) is 0 Å². The number of ether oxygens (including phenoxy) is 1. The Hall–Kier alpha value is -1.60. The summed E-state index contributed by atoms with van der Waals surface area (Å²) in [5, 5.41) is -1.19. The van der Waals surface area contributed by atoms with E-state index in [1.54, 1.807) is 0 Å². The van der Waals surface area contributed by atoms with Gasteiger partial charge in [-0.05, 0) is 12.1 Å². The lowest BCUT2D eigenvalue weighted by molar-refractivity contribution is -0.274. The monoisotopic (exact) mass is 326 g/mol. The lowest BCUT2D eigenvalue weighted by atomic mass is 10.2. The number of alkyl halides is 3.